The predicted molar refractivity (Wildman–Crippen MR) is 133 cm³/mol. The standard InChI is InChI=1S/C25H29N5O3S/c1-3-4-14-30-23(17-8-12-21(33-2)13-9-17)28-29-25(30)34-16-22(31)26-20-7-5-6-18(15-20)24(32)27-19-10-11-19/h5-9,12-13,15,19H,3-4,10-11,14,16H2,1-2H3,(H,26,31)(H,27,32). The summed E-state index contributed by atoms with van der Waals surface area (Å²) in [6.45, 7) is 2.91. The van der Waals surface area contributed by atoms with Gasteiger partial charge in [0.25, 0.3) is 5.91 Å². The molecule has 2 aromatic carbocycles. The number of anilines is 1. The van der Waals surface area contributed by atoms with Crippen molar-refractivity contribution >= 4 is 29.3 Å². The van der Waals surface area contributed by atoms with E-state index in [1.807, 2.05) is 24.3 Å². The van der Waals surface area contributed by atoms with Crippen LogP contribution in [0.5, 0.6) is 5.75 Å². The number of hydrogen-bond acceptors (Lipinski definition) is 6. The van der Waals surface area contributed by atoms with Crippen LogP contribution in [0.25, 0.3) is 11.4 Å². The third-order valence-electron chi connectivity index (χ3n) is 5.45. The topological polar surface area (TPSA) is 98.1 Å². The van der Waals surface area contributed by atoms with Crippen molar-refractivity contribution in [3.8, 4) is 17.1 Å². The van der Waals surface area contributed by atoms with Crippen LogP contribution in [0.1, 0.15) is 43.0 Å². The predicted octanol–water partition coefficient (Wildman–Crippen LogP) is 4.38. The molecule has 3 aromatic rings. The highest BCUT2D eigenvalue weighted by Gasteiger charge is 2.24. The van der Waals surface area contributed by atoms with Crippen LogP contribution in [0.2, 0.25) is 0 Å². The van der Waals surface area contributed by atoms with Crippen molar-refractivity contribution in [2.75, 3.05) is 18.2 Å². The van der Waals surface area contributed by atoms with Crippen LogP contribution in [0.15, 0.2) is 53.7 Å². The summed E-state index contributed by atoms with van der Waals surface area (Å²) in [4.78, 5) is 24.9. The maximum absolute atomic E-state index is 12.6. The lowest BCUT2D eigenvalue weighted by molar-refractivity contribution is -0.113. The largest absolute Gasteiger partial charge is 0.497 e. The summed E-state index contributed by atoms with van der Waals surface area (Å²) in [5.41, 5.74) is 2.09. The minimum Gasteiger partial charge on any atom is -0.497 e. The molecule has 1 fully saturated rings. The Hall–Kier alpha value is -3.33. The molecule has 2 N–H and O–H groups in total. The number of amides is 2. The van der Waals surface area contributed by atoms with Gasteiger partial charge >= 0.3 is 0 Å². The van der Waals surface area contributed by atoms with Gasteiger partial charge in [-0.15, -0.1) is 10.2 Å². The van der Waals surface area contributed by atoms with E-state index in [2.05, 4.69) is 32.3 Å². The molecule has 0 aliphatic heterocycles. The summed E-state index contributed by atoms with van der Waals surface area (Å²) in [5.74, 6) is 1.46. The van der Waals surface area contributed by atoms with Crippen LogP contribution in [-0.2, 0) is 11.3 Å². The number of nitrogens with zero attached hydrogens (tertiary/aromatic N) is 3. The van der Waals surface area contributed by atoms with Crippen molar-refractivity contribution in [3.05, 3.63) is 54.1 Å². The first-order chi connectivity index (χ1) is 16.6. The van der Waals surface area contributed by atoms with E-state index in [1.165, 1.54) is 11.8 Å². The molecular formula is C25H29N5O3S. The van der Waals surface area contributed by atoms with Crippen molar-refractivity contribution in [1.82, 2.24) is 20.1 Å². The van der Waals surface area contributed by atoms with Gasteiger partial charge in [0.1, 0.15) is 5.75 Å². The molecule has 0 saturated heterocycles. The number of methoxy groups -OCH3 is 1. The molecule has 8 nitrogen and oxygen atoms in total. The Morgan fingerprint density at radius 3 is 2.65 bits per heavy atom. The molecule has 0 spiro atoms. The SMILES string of the molecule is CCCCn1c(SCC(=O)Nc2cccc(C(=O)NC3CC3)c2)nnc1-c1ccc(OC)cc1. The minimum atomic E-state index is -0.166. The second-order valence-electron chi connectivity index (χ2n) is 8.21. The van der Waals surface area contributed by atoms with E-state index in [0.29, 0.717) is 16.4 Å². The quantitative estimate of drug-likeness (QED) is 0.396. The Bertz CT molecular complexity index is 1140. The Morgan fingerprint density at radius 2 is 1.94 bits per heavy atom. The highest BCUT2D eigenvalue weighted by Crippen LogP contribution is 2.26. The molecular weight excluding hydrogens is 450 g/mol. The van der Waals surface area contributed by atoms with Gasteiger partial charge in [0.05, 0.1) is 12.9 Å². The normalized spacial score (nSPS) is 12.9. The summed E-state index contributed by atoms with van der Waals surface area (Å²) in [5, 5.41) is 15.3. The molecule has 34 heavy (non-hydrogen) atoms. The Labute approximate surface area is 203 Å². The average Bonchev–Trinajstić information content (AvgIpc) is 3.58. The molecule has 1 saturated carbocycles. The fourth-order valence-corrected chi connectivity index (χ4v) is 4.19. The molecule has 1 aliphatic rings. The van der Waals surface area contributed by atoms with E-state index in [9.17, 15) is 9.59 Å². The number of rotatable bonds is 11. The number of ether oxygens (including phenoxy) is 1. The highest BCUT2D eigenvalue weighted by molar-refractivity contribution is 7.99. The Kier molecular flexibility index (Phi) is 7.84. The summed E-state index contributed by atoms with van der Waals surface area (Å²) in [7, 11) is 1.64. The van der Waals surface area contributed by atoms with Crippen molar-refractivity contribution in [2.24, 2.45) is 0 Å². The third kappa shape index (κ3) is 6.17. The van der Waals surface area contributed by atoms with E-state index in [4.69, 9.17) is 4.74 Å². The van der Waals surface area contributed by atoms with Gasteiger partial charge in [-0.25, -0.2) is 0 Å². The maximum atomic E-state index is 12.6. The first-order valence-corrected chi connectivity index (χ1v) is 12.5. The molecule has 0 unspecified atom stereocenters. The highest BCUT2D eigenvalue weighted by atomic mass is 32.2. The number of nitrogens with one attached hydrogen (secondary N) is 2. The Morgan fingerprint density at radius 1 is 1.15 bits per heavy atom. The molecule has 0 radical (unpaired) electrons. The van der Waals surface area contributed by atoms with Crippen LogP contribution in [0, 0.1) is 0 Å². The van der Waals surface area contributed by atoms with Crippen LogP contribution < -0.4 is 15.4 Å². The van der Waals surface area contributed by atoms with E-state index in [1.54, 1.807) is 31.4 Å². The number of unbranched alkanes of at least 4 members (excludes halogenated alkanes) is 1. The van der Waals surface area contributed by atoms with Gasteiger partial charge < -0.3 is 19.9 Å². The summed E-state index contributed by atoms with van der Waals surface area (Å²) in [6, 6.07) is 15.0. The van der Waals surface area contributed by atoms with Crippen molar-refractivity contribution in [3.63, 3.8) is 0 Å². The van der Waals surface area contributed by atoms with Gasteiger partial charge in [-0.2, -0.15) is 0 Å². The second kappa shape index (κ2) is 11.2. The second-order valence-corrected chi connectivity index (χ2v) is 9.15. The molecule has 2 amide bonds. The van der Waals surface area contributed by atoms with Crippen molar-refractivity contribution < 1.29 is 14.3 Å². The van der Waals surface area contributed by atoms with Crippen LogP contribution >= 0.6 is 11.8 Å². The average molecular weight is 480 g/mol. The number of carbonyl (C=O) groups excluding carboxylic acids is 2. The number of thioether (sulfide) groups is 1. The number of hydrogen-bond donors (Lipinski definition) is 2. The third-order valence-corrected chi connectivity index (χ3v) is 6.42. The molecule has 0 atom stereocenters. The van der Waals surface area contributed by atoms with Gasteiger partial charge in [0.2, 0.25) is 5.91 Å². The zero-order valence-corrected chi connectivity index (χ0v) is 20.2. The fourth-order valence-electron chi connectivity index (χ4n) is 3.43. The molecule has 4 rings (SSSR count). The van der Waals surface area contributed by atoms with Gasteiger partial charge in [-0.05, 0) is 61.7 Å². The molecule has 0 bridgehead atoms. The number of benzene rings is 2. The smallest absolute Gasteiger partial charge is 0.251 e. The summed E-state index contributed by atoms with van der Waals surface area (Å²) < 4.78 is 7.31. The van der Waals surface area contributed by atoms with Crippen molar-refractivity contribution in [2.45, 2.75) is 50.4 Å². The minimum absolute atomic E-state index is 0.108. The van der Waals surface area contributed by atoms with Gasteiger partial charge in [-0.1, -0.05) is 31.2 Å². The van der Waals surface area contributed by atoms with Gasteiger partial charge in [0, 0.05) is 29.4 Å². The molecule has 1 aliphatic carbocycles. The van der Waals surface area contributed by atoms with Crippen molar-refractivity contribution in [1.29, 1.82) is 0 Å². The van der Waals surface area contributed by atoms with Gasteiger partial charge in [-0.3, -0.25) is 9.59 Å². The monoisotopic (exact) mass is 479 g/mol. The van der Waals surface area contributed by atoms with E-state index >= 15 is 0 Å². The zero-order valence-electron chi connectivity index (χ0n) is 19.4. The lowest BCUT2D eigenvalue weighted by Crippen LogP contribution is -2.25. The zero-order chi connectivity index (χ0) is 23.9. The van der Waals surface area contributed by atoms with Crippen LogP contribution in [0.3, 0.4) is 0 Å². The molecule has 1 heterocycles. The number of aromatic nitrogens is 3. The van der Waals surface area contributed by atoms with Crippen LogP contribution in [-0.4, -0.2) is 45.5 Å². The number of carbonyl (C=O) groups is 2. The fraction of sp³-hybridized carbons (Fsp3) is 0.360. The molecule has 9 heteroatoms. The van der Waals surface area contributed by atoms with Crippen LogP contribution in [0.4, 0.5) is 5.69 Å². The lowest BCUT2D eigenvalue weighted by atomic mass is 10.2. The van der Waals surface area contributed by atoms with E-state index < -0.39 is 0 Å². The van der Waals surface area contributed by atoms with Gasteiger partial charge in [0.15, 0.2) is 11.0 Å². The van der Waals surface area contributed by atoms with E-state index in [-0.39, 0.29) is 23.6 Å². The first-order valence-electron chi connectivity index (χ1n) is 11.5. The van der Waals surface area contributed by atoms with E-state index in [0.717, 1.165) is 49.4 Å². The summed E-state index contributed by atoms with van der Waals surface area (Å²) >= 11 is 1.35. The first kappa shape index (κ1) is 23.8. The summed E-state index contributed by atoms with van der Waals surface area (Å²) in [6.07, 6.45) is 4.08. The Balaban J connectivity index is 1.40. The maximum Gasteiger partial charge on any atom is 0.251 e. The molecule has 1 aromatic heterocycles. The molecule has 178 valence electrons. The lowest BCUT2D eigenvalue weighted by Gasteiger charge is -2.10.